The number of amides is 1. The van der Waals surface area contributed by atoms with Crippen molar-refractivity contribution in [3.05, 3.63) is 28.5 Å². The Bertz CT molecular complexity index is 310. The van der Waals surface area contributed by atoms with E-state index >= 15 is 0 Å². The third kappa shape index (κ3) is 3.43. The number of halogens is 1. The molecule has 0 spiro atoms. The molecule has 5 heteroatoms. The van der Waals surface area contributed by atoms with Gasteiger partial charge >= 0.3 is 0 Å². The van der Waals surface area contributed by atoms with Crippen molar-refractivity contribution in [2.75, 3.05) is 0 Å². The molecule has 4 nitrogen and oxygen atoms in total. The molecule has 14 heavy (non-hydrogen) atoms. The summed E-state index contributed by atoms with van der Waals surface area (Å²) in [7, 11) is 0. The smallest absolute Gasteiger partial charge is 0.236 e. The van der Waals surface area contributed by atoms with E-state index in [4.69, 9.17) is 5.73 Å². The Balaban J connectivity index is 2.46. The first-order valence-electron chi connectivity index (χ1n) is 4.23. The van der Waals surface area contributed by atoms with Crippen molar-refractivity contribution >= 4 is 21.8 Å². The zero-order valence-electron chi connectivity index (χ0n) is 7.83. The van der Waals surface area contributed by atoms with Gasteiger partial charge in [-0.1, -0.05) is 6.07 Å². The molecule has 0 unspecified atom stereocenters. The molecule has 1 amide bonds. The highest BCUT2D eigenvalue weighted by molar-refractivity contribution is 9.10. The van der Waals surface area contributed by atoms with E-state index in [2.05, 4.69) is 26.2 Å². The molecule has 1 atom stereocenters. The van der Waals surface area contributed by atoms with Gasteiger partial charge < -0.3 is 11.1 Å². The van der Waals surface area contributed by atoms with Gasteiger partial charge in [0, 0.05) is 12.7 Å². The zero-order valence-corrected chi connectivity index (χ0v) is 9.41. The Kier molecular flexibility index (Phi) is 4.03. The quantitative estimate of drug-likeness (QED) is 0.788. The molecule has 1 heterocycles. The summed E-state index contributed by atoms with van der Waals surface area (Å²) in [5, 5.41) is 2.70. The van der Waals surface area contributed by atoms with Gasteiger partial charge in [0.05, 0.1) is 6.04 Å². The highest BCUT2D eigenvalue weighted by Crippen LogP contribution is 2.05. The van der Waals surface area contributed by atoms with Gasteiger partial charge in [-0.2, -0.15) is 0 Å². The predicted octanol–water partition coefficient (Wildman–Crippen LogP) is 0.807. The fraction of sp³-hybridized carbons (Fsp3) is 0.333. The van der Waals surface area contributed by atoms with E-state index in [9.17, 15) is 4.79 Å². The van der Waals surface area contributed by atoms with Crippen LogP contribution in [0.1, 0.15) is 12.5 Å². The summed E-state index contributed by atoms with van der Waals surface area (Å²) in [6.07, 6.45) is 1.70. The molecule has 1 aromatic heterocycles. The molecule has 1 aromatic rings. The van der Waals surface area contributed by atoms with Crippen LogP contribution < -0.4 is 11.1 Å². The number of nitrogens with two attached hydrogens (primary N) is 1. The minimum Gasteiger partial charge on any atom is -0.351 e. The fourth-order valence-corrected chi connectivity index (χ4v) is 1.10. The molecule has 0 aliphatic carbocycles. The van der Waals surface area contributed by atoms with E-state index in [1.807, 2.05) is 12.1 Å². The minimum absolute atomic E-state index is 0.159. The largest absolute Gasteiger partial charge is 0.351 e. The summed E-state index contributed by atoms with van der Waals surface area (Å²) in [4.78, 5) is 15.2. The first-order valence-corrected chi connectivity index (χ1v) is 5.02. The normalized spacial score (nSPS) is 12.2. The molecule has 0 aromatic carbocycles. The van der Waals surface area contributed by atoms with E-state index in [0.29, 0.717) is 6.54 Å². The molecule has 0 radical (unpaired) electrons. The van der Waals surface area contributed by atoms with Crippen LogP contribution in [0.15, 0.2) is 22.9 Å². The van der Waals surface area contributed by atoms with Crippen molar-refractivity contribution in [3.8, 4) is 0 Å². The first kappa shape index (κ1) is 11.1. The van der Waals surface area contributed by atoms with E-state index in [0.717, 1.165) is 10.2 Å². The van der Waals surface area contributed by atoms with Crippen LogP contribution in [-0.2, 0) is 11.3 Å². The summed E-state index contributed by atoms with van der Waals surface area (Å²) in [6.45, 7) is 2.11. The zero-order chi connectivity index (χ0) is 10.6. The molecule has 0 saturated carbocycles. The minimum atomic E-state index is -0.474. The second kappa shape index (κ2) is 5.07. The molecular weight excluding hydrogens is 246 g/mol. The third-order valence-electron chi connectivity index (χ3n) is 1.67. The SMILES string of the molecule is C[C@H](N)C(=O)NCc1ccc(Br)nc1. The van der Waals surface area contributed by atoms with Crippen molar-refractivity contribution in [2.24, 2.45) is 5.73 Å². The average molecular weight is 258 g/mol. The monoisotopic (exact) mass is 257 g/mol. The van der Waals surface area contributed by atoms with Crippen LogP contribution in [0, 0.1) is 0 Å². The molecular formula is C9H12BrN3O. The predicted molar refractivity (Wildman–Crippen MR) is 57.4 cm³/mol. The molecule has 0 saturated heterocycles. The van der Waals surface area contributed by atoms with Crippen LogP contribution in [0.2, 0.25) is 0 Å². The molecule has 0 bridgehead atoms. The lowest BCUT2D eigenvalue weighted by molar-refractivity contribution is -0.122. The van der Waals surface area contributed by atoms with Gasteiger partial charge in [0.2, 0.25) is 5.91 Å². The van der Waals surface area contributed by atoms with Gasteiger partial charge in [0.15, 0.2) is 0 Å². The van der Waals surface area contributed by atoms with E-state index in [-0.39, 0.29) is 5.91 Å². The number of aromatic nitrogens is 1. The van der Waals surface area contributed by atoms with Crippen LogP contribution in [0.25, 0.3) is 0 Å². The van der Waals surface area contributed by atoms with Crippen molar-refractivity contribution in [3.63, 3.8) is 0 Å². The average Bonchev–Trinajstić information content (AvgIpc) is 2.16. The van der Waals surface area contributed by atoms with Crippen LogP contribution in [0.3, 0.4) is 0 Å². The Morgan fingerprint density at radius 3 is 2.93 bits per heavy atom. The maximum Gasteiger partial charge on any atom is 0.236 e. The van der Waals surface area contributed by atoms with Gasteiger partial charge in [-0.3, -0.25) is 4.79 Å². The van der Waals surface area contributed by atoms with Crippen molar-refractivity contribution < 1.29 is 4.79 Å². The maximum atomic E-state index is 11.1. The molecule has 3 N–H and O–H groups in total. The number of hydrogen-bond acceptors (Lipinski definition) is 3. The van der Waals surface area contributed by atoms with E-state index in [1.54, 1.807) is 13.1 Å². The van der Waals surface area contributed by atoms with Crippen molar-refractivity contribution in [1.82, 2.24) is 10.3 Å². The van der Waals surface area contributed by atoms with Crippen LogP contribution >= 0.6 is 15.9 Å². The van der Waals surface area contributed by atoms with Crippen molar-refractivity contribution in [2.45, 2.75) is 19.5 Å². The van der Waals surface area contributed by atoms with Gasteiger partial charge in [0.1, 0.15) is 4.60 Å². The molecule has 0 aliphatic rings. The number of carbonyl (C=O) groups is 1. The van der Waals surface area contributed by atoms with Gasteiger partial charge in [0.25, 0.3) is 0 Å². The number of nitrogens with zero attached hydrogens (tertiary/aromatic N) is 1. The highest BCUT2D eigenvalue weighted by atomic mass is 79.9. The summed E-state index contributed by atoms with van der Waals surface area (Å²) in [6, 6.07) is 3.24. The van der Waals surface area contributed by atoms with Crippen LogP contribution in [0.4, 0.5) is 0 Å². The number of nitrogens with one attached hydrogen (secondary N) is 1. The van der Waals surface area contributed by atoms with Gasteiger partial charge in [-0.15, -0.1) is 0 Å². The number of rotatable bonds is 3. The third-order valence-corrected chi connectivity index (χ3v) is 2.14. The standard InChI is InChI=1S/C9H12BrN3O/c1-6(11)9(14)13-5-7-2-3-8(10)12-4-7/h2-4,6H,5,11H2,1H3,(H,13,14)/t6-/m0/s1. The molecule has 0 fully saturated rings. The molecule has 76 valence electrons. The van der Waals surface area contributed by atoms with Crippen LogP contribution in [0.5, 0.6) is 0 Å². The van der Waals surface area contributed by atoms with Crippen LogP contribution in [-0.4, -0.2) is 16.9 Å². The van der Waals surface area contributed by atoms with Gasteiger partial charge in [-0.05, 0) is 34.5 Å². The topological polar surface area (TPSA) is 68.0 Å². The lowest BCUT2D eigenvalue weighted by Gasteiger charge is -2.07. The number of hydrogen-bond donors (Lipinski definition) is 2. The Morgan fingerprint density at radius 2 is 2.43 bits per heavy atom. The van der Waals surface area contributed by atoms with Gasteiger partial charge in [-0.25, -0.2) is 4.98 Å². The summed E-state index contributed by atoms with van der Waals surface area (Å²) < 4.78 is 0.778. The Hall–Kier alpha value is -0.940. The summed E-state index contributed by atoms with van der Waals surface area (Å²) >= 11 is 3.23. The lowest BCUT2D eigenvalue weighted by atomic mass is 10.2. The second-order valence-corrected chi connectivity index (χ2v) is 3.81. The number of carbonyl (C=O) groups excluding carboxylic acids is 1. The van der Waals surface area contributed by atoms with E-state index in [1.165, 1.54) is 0 Å². The Labute approximate surface area is 91.0 Å². The Morgan fingerprint density at radius 1 is 1.71 bits per heavy atom. The maximum absolute atomic E-state index is 11.1. The fourth-order valence-electron chi connectivity index (χ4n) is 0.861. The number of pyridine rings is 1. The molecule has 1 rings (SSSR count). The van der Waals surface area contributed by atoms with Crippen molar-refractivity contribution in [1.29, 1.82) is 0 Å². The first-order chi connectivity index (χ1) is 6.59. The molecule has 0 aliphatic heterocycles. The second-order valence-electron chi connectivity index (χ2n) is 3.00. The van der Waals surface area contributed by atoms with E-state index < -0.39 is 6.04 Å². The highest BCUT2D eigenvalue weighted by Gasteiger charge is 2.05. The summed E-state index contributed by atoms with van der Waals surface area (Å²) in [5.74, 6) is -0.159. The lowest BCUT2D eigenvalue weighted by Crippen LogP contribution is -2.37. The summed E-state index contributed by atoms with van der Waals surface area (Å²) in [5.41, 5.74) is 6.34.